The zero-order valence-electron chi connectivity index (χ0n) is 14.3. The number of hydrogen-bond donors (Lipinski definition) is 1. The Labute approximate surface area is 161 Å². The van der Waals surface area contributed by atoms with Crippen LogP contribution < -0.4 is 14.8 Å². The fourth-order valence-corrected chi connectivity index (χ4v) is 2.95. The molecule has 142 valence electrons. The summed E-state index contributed by atoms with van der Waals surface area (Å²) in [5, 5.41) is 7.38. The van der Waals surface area contributed by atoms with Gasteiger partial charge in [-0.2, -0.15) is 5.10 Å². The SMILES string of the molecule is COc1cc(-c2ccc(OC(F)(F)F)cc2)ccc1Nc1c(Br)cnn1C. The number of benzene rings is 2. The highest BCUT2D eigenvalue weighted by Gasteiger charge is 2.30. The smallest absolute Gasteiger partial charge is 0.495 e. The van der Waals surface area contributed by atoms with Gasteiger partial charge in [0.2, 0.25) is 0 Å². The van der Waals surface area contributed by atoms with Gasteiger partial charge < -0.3 is 14.8 Å². The number of ether oxygens (including phenoxy) is 2. The molecule has 0 radical (unpaired) electrons. The molecule has 0 amide bonds. The molecule has 5 nitrogen and oxygen atoms in total. The zero-order valence-corrected chi connectivity index (χ0v) is 15.9. The number of methoxy groups -OCH3 is 1. The van der Waals surface area contributed by atoms with E-state index in [2.05, 4.69) is 31.1 Å². The first-order valence-electron chi connectivity index (χ1n) is 7.75. The third-order valence-corrected chi connectivity index (χ3v) is 4.35. The maximum absolute atomic E-state index is 12.3. The number of alkyl halides is 3. The van der Waals surface area contributed by atoms with Crippen LogP contribution in [-0.4, -0.2) is 23.3 Å². The van der Waals surface area contributed by atoms with Gasteiger partial charge in [0, 0.05) is 7.05 Å². The molecule has 0 unspecified atom stereocenters. The van der Waals surface area contributed by atoms with Crippen LogP contribution in [0.1, 0.15) is 0 Å². The van der Waals surface area contributed by atoms with Crippen LogP contribution in [-0.2, 0) is 7.05 Å². The van der Waals surface area contributed by atoms with Crippen molar-refractivity contribution in [3.05, 3.63) is 53.1 Å². The second-order valence-electron chi connectivity index (χ2n) is 5.58. The number of rotatable bonds is 5. The second-order valence-corrected chi connectivity index (χ2v) is 6.43. The van der Waals surface area contributed by atoms with Crippen LogP contribution in [0.4, 0.5) is 24.7 Å². The van der Waals surface area contributed by atoms with Crippen LogP contribution in [0.2, 0.25) is 0 Å². The highest BCUT2D eigenvalue weighted by molar-refractivity contribution is 9.10. The van der Waals surface area contributed by atoms with Crippen LogP contribution >= 0.6 is 15.9 Å². The number of nitrogens with one attached hydrogen (secondary N) is 1. The van der Waals surface area contributed by atoms with E-state index in [0.29, 0.717) is 5.75 Å². The minimum Gasteiger partial charge on any atom is -0.495 e. The zero-order chi connectivity index (χ0) is 19.6. The molecule has 3 aromatic rings. The Bertz CT molecular complexity index is 921. The molecule has 0 saturated carbocycles. The molecule has 0 atom stereocenters. The average molecular weight is 442 g/mol. The van der Waals surface area contributed by atoms with Crippen molar-refractivity contribution >= 4 is 27.4 Å². The van der Waals surface area contributed by atoms with E-state index in [-0.39, 0.29) is 5.75 Å². The van der Waals surface area contributed by atoms with Gasteiger partial charge in [0.25, 0.3) is 0 Å². The third-order valence-electron chi connectivity index (χ3n) is 3.77. The monoisotopic (exact) mass is 441 g/mol. The number of nitrogens with zero attached hydrogens (tertiary/aromatic N) is 2. The van der Waals surface area contributed by atoms with Crippen molar-refractivity contribution in [3.63, 3.8) is 0 Å². The molecule has 1 aromatic heterocycles. The van der Waals surface area contributed by atoms with Crippen molar-refractivity contribution < 1.29 is 22.6 Å². The Kier molecular flexibility index (Phi) is 5.31. The van der Waals surface area contributed by atoms with E-state index in [1.165, 1.54) is 12.1 Å². The molecule has 3 rings (SSSR count). The van der Waals surface area contributed by atoms with Gasteiger partial charge in [-0.15, -0.1) is 13.2 Å². The summed E-state index contributed by atoms with van der Waals surface area (Å²) in [6.45, 7) is 0. The van der Waals surface area contributed by atoms with Gasteiger partial charge in [0.1, 0.15) is 17.3 Å². The molecule has 9 heteroatoms. The fourth-order valence-electron chi connectivity index (χ4n) is 2.50. The van der Waals surface area contributed by atoms with Crippen LogP contribution in [0.3, 0.4) is 0 Å². The van der Waals surface area contributed by atoms with Crippen molar-refractivity contribution in [2.75, 3.05) is 12.4 Å². The van der Waals surface area contributed by atoms with Crippen molar-refractivity contribution in [2.45, 2.75) is 6.36 Å². The molecule has 0 aliphatic carbocycles. The van der Waals surface area contributed by atoms with Gasteiger partial charge in [-0.1, -0.05) is 18.2 Å². The first-order valence-corrected chi connectivity index (χ1v) is 8.55. The molecule has 0 aliphatic rings. The summed E-state index contributed by atoms with van der Waals surface area (Å²) in [7, 11) is 3.35. The Morgan fingerprint density at radius 1 is 1.07 bits per heavy atom. The maximum atomic E-state index is 12.3. The molecular weight excluding hydrogens is 427 g/mol. The predicted molar refractivity (Wildman–Crippen MR) is 99.3 cm³/mol. The summed E-state index contributed by atoms with van der Waals surface area (Å²) < 4.78 is 48.6. The summed E-state index contributed by atoms with van der Waals surface area (Å²) in [5.41, 5.74) is 2.25. The molecule has 0 saturated heterocycles. The van der Waals surface area contributed by atoms with Gasteiger partial charge in [-0.25, -0.2) is 0 Å². The molecule has 0 bridgehead atoms. The van der Waals surface area contributed by atoms with E-state index >= 15 is 0 Å². The van der Waals surface area contributed by atoms with E-state index in [1.807, 2.05) is 12.1 Å². The quantitative estimate of drug-likeness (QED) is 0.567. The number of halogens is 4. The minimum atomic E-state index is -4.71. The van der Waals surface area contributed by atoms with Crippen molar-refractivity contribution in [1.82, 2.24) is 9.78 Å². The fraction of sp³-hybridized carbons (Fsp3) is 0.167. The van der Waals surface area contributed by atoms with E-state index in [1.54, 1.807) is 43.2 Å². The van der Waals surface area contributed by atoms with Crippen molar-refractivity contribution in [1.29, 1.82) is 0 Å². The van der Waals surface area contributed by atoms with Gasteiger partial charge in [-0.05, 0) is 51.3 Å². The minimum absolute atomic E-state index is 0.266. The van der Waals surface area contributed by atoms with E-state index in [4.69, 9.17) is 4.74 Å². The van der Waals surface area contributed by atoms with Gasteiger partial charge in [0.05, 0.1) is 23.5 Å². The standard InChI is InChI=1S/C18H15BrF3N3O2/c1-25-17(14(19)10-23-25)24-15-8-5-12(9-16(15)26-2)11-3-6-13(7-4-11)27-18(20,21)22/h3-10,24H,1-2H3. The molecule has 2 aromatic carbocycles. The van der Waals surface area contributed by atoms with Crippen LogP contribution in [0, 0.1) is 0 Å². The first-order chi connectivity index (χ1) is 12.8. The second kappa shape index (κ2) is 7.51. The lowest BCUT2D eigenvalue weighted by Crippen LogP contribution is -2.16. The molecule has 27 heavy (non-hydrogen) atoms. The van der Waals surface area contributed by atoms with Crippen LogP contribution in [0.5, 0.6) is 11.5 Å². The number of anilines is 2. The Morgan fingerprint density at radius 3 is 2.30 bits per heavy atom. The molecule has 1 heterocycles. The Balaban J connectivity index is 1.86. The molecule has 0 aliphatic heterocycles. The van der Waals surface area contributed by atoms with E-state index < -0.39 is 6.36 Å². The number of aryl methyl sites for hydroxylation is 1. The lowest BCUT2D eigenvalue weighted by atomic mass is 10.0. The van der Waals surface area contributed by atoms with E-state index in [0.717, 1.165) is 27.1 Å². The number of hydrogen-bond acceptors (Lipinski definition) is 4. The summed E-state index contributed by atoms with van der Waals surface area (Å²) in [6.07, 6.45) is -3.04. The summed E-state index contributed by atoms with van der Waals surface area (Å²) in [5.74, 6) is 1.07. The summed E-state index contributed by atoms with van der Waals surface area (Å²) >= 11 is 3.42. The Morgan fingerprint density at radius 2 is 1.74 bits per heavy atom. The van der Waals surface area contributed by atoms with Gasteiger partial charge >= 0.3 is 6.36 Å². The molecule has 0 fully saturated rings. The van der Waals surface area contributed by atoms with Crippen LogP contribution in [0.25, 0.3) is 11.1 Å². The highest BCUT2D eigenvalue weighted by Crippen LogP contribution is 2.35. The molecule has 1 N–H and O–H groups in total. The lowest BCUT2D eigenvalue weighted by Gasteiger charge is -2.14. The topological polar surface area (TPSA) is 48.3 Å². The largest absolute Gasteiger partial charge is 0.573 e. The van der Waals surface area contributed by atoms with Crippen molar-refractivity contribution in [3.8, 4) is 22.6 Å². The van der Waals surface area contributed by atoms with Gasteiger partial charge in [0.15, 0.2) is 0 Å². The molecule has 0 spiro atoms. The normalized spacial score (nSPS) is 11.3. The van der Waals surface area contributed by atoms with Crippen LogP contribution in [0.15, 0.2) is 53.1 Å². The third kappa shape index (κ3) is 4.54. The molecular formula is C18H15BrF3N3O2. The average Bonchev–Trinajstić information content (AvgIpc) is 2.93. The Hall–Kier alpha value is -2.68. The maximum Gasteiger partial charge on any atom is 0.573 e. The first kappa shape index (κ1) is 19.1. The number of aromatic nitrogens is 2. The summed E-state index contributed by atoms with van der Waals surface area (Å²) in [4.78, 5) is 0. The van der Waals surface area contributed by atoms with E-state index in [9.17, 15) is 13.2 Å². The van der Waals surface area contributed by atoms with Crippen molar-refractivity contribution in [2.24, 2.45) is 7.05 Å². The lowest BCUT2D eigenvalue weighted by molar-refractivity contribution is -0.274. The highest BCUT2D eigenvalue weighted by atomic mass is 79.9. The van der Waals surface area contributed by atoms with Gasteiger partial charge in [-0.3, -0.25) is 4.68 Å². The summed E-state index contributed by atoms with van der Waals surface area (Å²) in [6, 6.07) is 11.1. The predicted octanol–water partition coefficient (Wildman–Crippen LogP) is 5.50.